The zero-order chi connectivity index (χ0) is 11.4. The fourth-order valence-electron chi connectivity index (χ4n) is 2.28. The van der Waals surface area contributed by atoms with Gasteiger partial charge in [-0.15, -0.1) is 0 Å². The van der Waals surface area contributed by atoms with E-state index in [2.05, 4.69) is 19.1 Å². The predicted octanol–water partition coefficient (Wildman–Crippen LogP) is 4.23. The first kappa shape index (κ1) is 11.5. The summed E-state index contributed by atoms with van der Waals surface area (Å²) in [7, 11) is 0. The summed E-state index contributed by atoms with van der Waals surface area (Å²) in [5.41, 5.74) is 0.149. The molecule has 2 saturated carbocycles. The van der Waals surface area contributed by atoms with Gasteiger partial charge < -0.3 is 0 Å². The topological polar surface area (TPSA) is 23.8 Å². The maximum absolute atomic E-state index is 8.09. The van der Waals surface area contributed by atoms with E-state index in [9.17, 15) is 0 Å². The minimum Gasteiger partial charge on any atom is -0.193 e. The first-order chi connectivity index (χ1) is 7.73. The lowest BCUT2D eigenvalue weighted by Crippen LogP contribution is -2.26. The largest absolute Gasteiger partial charge is 0.193 e. The van der Waals surface area contributed by atoms with E-state index in [0.29, 0.717) is 0 Å². The second kappa shape index (κ2) is 4.87. The van der Waals surface area contributed by atoms with Crippen LogP contribution in [0.4, 0.5) is 0 Å². The number of hydrogen-bond acceptors (Lipinski definition) is 1. The van der Waals surface area contributed by atoms with Gasteiger partial charge in [0.15, 0.2) is 0 Å². The Balaban J connectivity index is 0.000000120. The summed E-state index contributed by atoms with van der Waals surface area (Å²) in [6, 6.07) is 1.94. The molecule has 1 nitrogen and oxygen atoms in total. The van der Waals surface area contributed by atoms with Crippen LogP contribution < -0.4 is 0 Å². The highest BCUT2D eigenvalue weighted by Crippen LogP contribution is 2.43. The van der Waals surface area contributed by atoms with Crippen LogP contribution in [0, 0.1) is 28.6 Å². The lowest BCUT2D eigenvalue weighted by atomic mass is 9.67. The van der Waals surface area contributed by atoms with E-state index < -0.39 is 0 Å². The molecule has 3 aliphatic rings. The second-order valence-corrected chi connectivity index (χ2v) is 5.54. The lowest BCUT2D eigenvalue weighted by molar-refractivity contribution is 0.129. The van der Waals surface area contributed by atoms with Crippen LogP contribution in [-0.4, -0.2) is 0 Å². The number of allylic oxidation sites excluding steroid dienone is 4. The van der Waals surface area contributed by atoms with Crippen molar-refractivity contribution in [1.29, 1.82) is 5.26 Å². The first-order valence-corrected chi connectivity index (χ1v) is 6.51. The zero-order valence-corrected chi connectivity index (χ0v) is 10.2. The fraction of sp³-hybridized carbons (Fsp3) is 0.667. The fourth-order valence-corrected chi connectivity index (χ4v) is 2.28. The third-order valence-corrected chi connectivity index (χ3v) is 4.18. The molecule has 0 spiro atoms. The maximum Gasteiger partial charge on any atom is 0.0909 e. The van der Waals surface area contributed by atoms with Gasteiger partial charge in [-0.3, -0.25) is 0 Å². The number of hydrogen-bond donors (Lipinski definition) is 0. The molecule has 0 N–H and O–H groups in total. The Morgan fingerprint density at radius 3 is 1.88 bits per heavy atom. The molecule has 0 amide bonds. The van der Waals surface area contributed by atoms with Crippen molar-refractivity contribution in [2.45, 2.75) is 45.4 Å². The maximum atomic E-state index is 8.09. The molecule has 0 aromatic rings. The Labute approximate surface area is 98.9 Å². The van der Waals surface area contributed by atoms with E-state index in [-0.39, 0.29) is 5.41 Å². The van der Waals surface area contributed by atoms with Crippen LogP contribution in [0.15, 0.2) is 24.3 Å². The van der Waals surface area contributed by atoms with Gasteiger partial charge in [0.2, 0.25) is 0 Å². The van der Waals surface area contributed by atoms with E-state index in [0.717, 1.165) is 0 Å². The van der Waals surface area contributed by atoms with E-state index >= 15 is 0 Å². The van der Waals surface area contributed by atoms with Crippen molar-refractivity contribution in [3.8, 4) is 6.07 Å². The average molecular weight is 215 g/mol. The molecule has 0 saturated heterocycles. The molecule has 0 aromatic carbocycles. The van der Waals surface area contributed by atoms with E-state index in [1.54, 1.807) is 25.7 Å². The standard InChI is InChI=1S/C8H14.C7H7N/c1-3-7(4-1)8-5-2-6-8;1-7(4-5-7)3-2-6-8/h7-8H,1-6H2;2-5H,1H3. The predicted molar refractivity (Wildman–Crippen MR) is 66.7 cm³/mol. The highest BCUT2D eigenvalue weighted by atomic mass is 14.4. The SMILES string of the molecule is C1CC(C2CCC2)C1.CC1(C=CC#N)C=C1. The summed E-state index contributed by atoms with van der Waals surface area (Å²) >= 11 is 0. The minimum atomic E-state index is 0.149. The molecular weight excluding hydrogens is 194 g/mol. The number of nitriles is 1. The Bertz CT molecular complexity index is 306. The van der Waals surface area contributed by atoms with Crippen LogP contribution >= 0.6 is 0 Å². The van der Waals surface area contributed by atoms with Crippen molar-refractivity contribution in [3.63, 3.8) is 0 Å². The monoisotopic (exact) mass is 215 g/mol. The third kappa shape index (κ3) is 2.98. The van der Waals surface area contributed by atoms with Gasteiger partial charge in [-0.2, -0.15) is 5.26 Å². The van der Waals surface area contributed by atoms with Gasteiger partial charge >= 0.3 is 0 Å². The molecular formula is C15H21N. The van der Waals surface area contributed by atoms with Crippen molar-refractivity contribution in [1.82, 2.24) is 0 Å². The lowest BCUT2D eigenvalue weighted by Gasteiger charge is -2.39. The van der Waals surface area contributed by atoms with Crippen LogP contribution in [0.25, 0.3) is 0 Å². The molecule has 3 aliphatic carbocycles. The second-order valence-electron chi connectivity index (χ2n) is 5.54. The highest BCUT2D eigenvalue weighted by molar-refractivity contribution is 5.33. The third-order valence-electron chi connectivity index (χ3n) is 4.18. The van der Waals surface area contributed by atoms with Gasteiger partial charge in [-0.1, -0.05) is 56.8 Å². The molecule has 3 rings (SSSR count). The van der Waals surface area contributed by atoms with Crippen molar-refractivity contribution in [2.24, 2.45) is 17.3 Å². The van der Waals surface area contributed by atoms with Gasteiger partial charge in [-0.05, 0) is 18.8 Å². The van der Waals surface area contributed by atoms with Gasteiger partial charge in [0.1, 0.15) is 0 Å². The average Bonchev–Trinajstić information content (AvgIpc) is 2.86. The Hall–Kier alpha value is -1.03. The molecule has 0 radical (unpaired) electrons. The minimum absolute atomic E-state index is 0.149. The summed E-state index contributed by atoms with van der Waals surface area (Å²) < 4.78 is 0. The molecule has 2 fully saturated rings. The summed E-state index contributed by atoms with van der Waals surface area (Å²) in [6.45, 7) is 2.06. The zero-order valence-electron chi connectivity index (χ0n) is 10.2. The van der Waals surface area contributed by atoms with Crippen LogP contribution in [-0.2, 0) is 0 Å². The van der Waals surface area contributed by atoms with E-state index in [1.807, 2.05) is 12.1 Å². The van der Waals surface area contributed by atoms with E-state index in [1.165, 1.54) is 30.8 Å². The Morgan fingerprint density at radius 1 is 1.12 bits per heavy atom. The highest BCUT2D eigenvalue weighted by Gasteiger charge is 2.30. The van der Waals surface area contributed by atoms with Crippen molar-refractivity contribution >= 4 is 0 Å². The van der Waals surface area contributed by atoms with Gasteiger partial charge in [-0.25, -0.2) is 0 Å². The molecule has 1 heteroatoms. The van der Waals surface area contributed by atoms with Gasteiger partial charge in [0.25, 0.3) is 0 Å². The van der Waals surface area contributed by atoms with Crippen LogP contribution in [0.1, 0.15) is 45.4 Å². The molecule has 0 aliphatic heterocycles. The molecule has 0 aromatic heterocycles. The Morgan fingerprint density at radius 2 is 1.62 bits per heavy atom. The quantitative estimate of drug-likeness (QED) is 0.499. The van der Waals surface area contributed by atoms with Crippen molar-refractivity contribution in [3.05, 3.63) is 24.3 Å². The molecule has 0 heterocycles. The Kier molecular flexibility index (Phi) is 3.49. The molecule has 0 bridgehead atoms. The van der Waals surface area contributed by atoms with Crippen molar-refractivity contribution < 1.29 is 0 Å². The normalized spacial score (nSPS) is 26.2. The smallest absolute Gasteiger partial charge is 0.0909 e. The summed E-state index contributed by atoms with van der Waals surface area (Å²) in [4.78, 5) is 0. The summed E-state index contributed by atoms with van der Waals surface area (Å²) in [6.07, 6.45) is 16.8. The van der Waals surface area contributed by atoms with E-state index in [4.69, 9.17) is 5.26 Å². The summed E-state index contributed by atoms with van der Waals surface area (Å²) in [5, 5.41) is 8.09. The molecule has 0 atom stereocenters. The van der Waals surface area contributed by atoms with Gasteiger partial charge in [0.05, 0.1) is 6.07 Å². The van der Waals surface area contributed by atoms with Gasteiger partial charge in [0, 0.05) is 11.5 Å². The molecule has 16 heavy (non-hydrogen) atoms. The van der Waals surface area contributed by atoms with Crippen LogP contribution in [0.3, 0.4) is 0 Å². The summed E-state index contributed by atoms with van der Waals surface area (Å²) in [5.74, 6) is 2.37. The van der Waals surface area contributed by atoms with Crippen LogP contribution in [0.2, 0.25) is 0 Å². The van der Waals surface area contributed by atoms with Crippen LogP contribution in [0.5, 0.6) is 0 Å². The van der Waals surface area contributed by atoms with Crippen molar-refractivity contribution in [2.75, 3.05) is 0 Å². The molecule has 86 valence electrons. The molecule has 0 unspecified atom stereocenters. The number of nitrogens with zero attached hydrogens (tertiary/aromatic N) is 1. The number of rotatable bonds is 2. The first-order valence-electron chi connectivity index (χ1n) is 6.51.